The number of nitrogens with one attached hydrogen (secondary N) is 2. The average Bonchev–Trinajstić information content (AvgIpc) is 3.42. The van der Waals surface area contributed by atoms with Gasteiger partial charge in [0.1, 0.15) is 0 Å². The number of aryl methyl sites for hydroxylation is 2. The third-order valence-corrected chi connectivity index (χ3v) is 10.1. The van der Waals surface area contributed by atoms with Gasteiger partial charge in [0.25, 0.3) is 0 Å². The Morgan fingerprint density at radius 2 is 1.73 bits per heavy atom. The van der Waals surface area contributed by atoms with E-state index in [9.17, 15) is 14.7 Å². The molecular formula is C38H46N4O3. The lowest BCUT2D eigenvalue weighted by atomic mass is 9.77. The van der Waals surface area contributed by atoms with Crippen molar-refractivity contribution in [2.45, 2.75) is 84.1 Å². The van der Waals surface area contributed by atoms with Gasteiger partial charge in [-0.3, -0.25) is 9.78 Å². The van der Waals surface area contributed by atoms with E-state index in [-0.39, 0.29) is 11.8 Å². The van der Waals surface area contributed by atoms with Crippen LogP contribution >= 0.6 is 0 Å². The number of benzene rings is 2. The number of carboxylic acids is 1. The molecule has 7 heteroatoms. The first-order chi connectivity index (χ1) is 21.5. The van der Waals surface area contributed by atoms with Crippen LogP contribution in [0, 0.1) is 19.8 Å². The number of amides is 1. The maximum absolute atomic E-state index is 14.0. The number of carboxylic acid groups (broad SMARTS) is 1. The number of carbonyl (C=O) groups excluding carboxylic acids is 1. The standard InChI is InChI=1S/C38H46N4O3/c1-23-16-24(2)18-29(17-23)35-34(25(3)20-39-15-14-26-6-10-28(11-7-26)36(43)44)31-19-33(40-21-32(31)41-35)38(4,5)37(45)42-22-27-8-12-30(42)13-9-27/h6-7,10-11,16-19,21,25,27,30,39,41H,8-9,12-15,20,22H2,1-5H3,(H,43,44). The van der Waals surface area contributed by atoms with Crippen molar-refractivity contribution in [1.29, 1.82) is 0 Å². The summed E-state index contributed by atoms with van der Waals surface area (Å²) in [7, 11) is 0. The van der Waals surface area contributed by atoms with Crippen molar-refractivity contribution in [2.75, 3.05) is 19.6 Å². The molecule has 236 valence electrons. The first kappa shape index (κ1) is 31.0. The number of piperidine rings is 2. The zero-order valence-corrected chi connectivity index (χ0v) is 27.2. The van der Waals surface area contributed by atoms with Crippen molar-refractivity contribution in [1.82, 2.24) is 20.2 Å². The summed E-state index contributed by atoms with van der Waals surface area (Å²) in [5.41, 5.74) is 8.42. The molecule has 2 saturated heterocycles. The lowest BCUT2D eigenvalue weighted by Crippen LogP contribution is -2.55. The fourth-order valence-electron chi connectivity index (χ4n) is 7.57. The van der Waals surface area contributed by atoms with Gasteiger partial charge < -0.3 is 20.3 Å². The number of hydrogen-bond donors (Lipinski definition) is 3. The third-order valence-electron chi connectivity index (χ3n) is 10.1. The third kappa shape index (κ3) is 6.28. The lowest BCUT2D eigenvalue weighted by Gasteiger charge is -2.47. The molecule has 45 heavy (non-hydrogen) atoms. The summed E-state index contributed by atoms with van der Waals surface area (Å²) in [6.07, 6.45) is 7.47. The molecule has 1 saturated carbocycles. The van der Waals surface area contributed by atoms with Crippen LogP contribution in [0.5, 0.6) is 0 Å². The Balaban J connectivity index is 1.29. The number of carbonyl (C=O) groups is 2. The van der Waals surface area contributed by atoms with Crippen LogP contribution in [0.3, 0.4) is 0 Å². The number of rotatable bonds is 10. The van der Waals surface area contributed by atoms with Gasteiger partial charge in [-0.25, -0.2) is 4.79 Å². The predicted molar refractivity (Wildman–Crippen MR) is 180 cm³/mol. The number of fused-ring (bicyclic) bond motifs is 4. The second kappa shape index (κ2) is 12.4. The lowest BCUT2D eigenvalue weighted by molar-refractivity contribution is -0.144. The van der Waals surface area contributed by atoms with E-state index in [0.29, 0.717) is 17.5 Å². The van der Waals surface area contributed by atoms with E-state index in [1.165, 1.54) is 29.5 Å². The van der Waals surface area contributed by atoms with Crippen LogP contribution in [0.15, 0.2) is 54.7 Å². The molecule has 3 fully saturated rings. The van der Waals surface area contributed by atoms with E-state index >= 15 is 0 Å². The Hall–Kier alpha value is -3.97. The summed E-state index contributed by atoms with van der Waals surface area (Å²) in [6, 6.07) is 16.3. The van der Waals surface area contributed by atoms with Crippen molar-refractivity contribution in [3.05, 3.63) is 88.2 Å². The fraction of sp³-hybridized carbons (Fsp3) is 0.447. The minimum Gasteiger partial charge on any atom is -0.478 e. The average molecular weight is 607 g/mol. The van der Waals surface area contributed by atoms with Gasteiger partial charge in [0.15, 0.2) is 0 Å². The normalized spacial score (nSPS) is 18.8. The largest absolute Gasteiger partial charge is 0.478 e. The number of nitrogens with zero attached hydrogens (tertiary/aromatic N) is 2. The molecule has 4 heterocycles. The van der Waals surface area contributed by atoms with Gasteiger partial charge in [-0.05, 0) is 125 Å². The number of hydrogen-bond acceptors (Lipinski definition) is 4. The highest BCUT2D eigenvalue weighted by Gasteiger charge is 2.43. The summed E-state index contributed by atoms with van der Waals surface area (Å²) in [5, 5.41) is 13.9. The highest BCUT2D eigenvalue weighted by molar-refractivity contribution is 5.94. The van der Waals surface area contributed by atoms with Crippen molar-refractivity contribution < 1.29 is 14.7 Å². The maximum Gasteiger partial charge on any atom is 0.335 e. The molecule has 2 aliphatic heterocycles. The fourth-order valence-corrected chi connectivity index (χ4v) is 7.57. The number of H-pyrrole nitrogens is 1. The Kier molecular flexibility index (Phi) is 8.57. The van der Waals surface area contributed by atoms with Gasteiger partial charge in [-0.1, -0.05) is 36.2 Å². The van der Waals surface area contributed by atoms with Gasteiger partial charge >= 0.3 is 5.97 Å². The van der Waals surface area contributed by atoms with E-state index in [1.807, 2.05) is 32.2 Å². The minimum absolute atomic E-state index is 0.177. The maximum atomic E-state index is 14.0. The zero-order chi connectivity index (χ0) is 31.9. The SMILES string of the molecule is Cc1cc(C)cc(-c2[nH]c3cnc(C(C)(C)C(=O)N4CC5CCC4CC5)cc3c2C(C)CNCCc2ccc(C(=O)O)cc2)c1. The molecule has 1 atom stereocenters. The number of pyridine rings is 1. The first-order valence-corrected chi connectivity index (χ1v) is 16.5. The Morgan fingerprint density at radius 1 is 1.04 bits per heavy atom. The van der Waals surface area contributed by atoms with Gasteiger partial charge in [-0.2, -0.15) is 0 Å². The summed E-state index contributed by atoms with van der Waals surface area (Å²) < 4.78 is 0. The molecule has 3 aliphatic rings. The molecule has 1 aliphatic carbocycles. The van der Waals surface area contributed by atoms with Crippen LogP contribution in [0.2, 0.25) is 0 Å². The molecule has 3 N–H and O–H groups in total. The molecule has 7 nitrogen and oxygen atoms in total. The van der Waals surface area contributed by atoms with Crippen molar-refractivity contribution >= 4 is 22.8 Å². The van der Waals surface area contributed by atoms with Crippen LogP contribution in [0.4, 0.5) is 0 Å². The number of aromatic nitrogens is 2. The van der Waals surface area contributed by atoms with Crippen LogP contribution in [0.25, 0.3) is 22.2 Å². The second-order valence-electron chi connectivity index (χ2n) is 14.0. The summed E-state index contributed by atoms with van der Waals surface area (Å²) >= 11 is 0. The van der Waals surface area contributed by atoms with Crippen molar-refractivity contribution in [2.24, 2.45) is 5.92 Å². The van der Waals surface area contributed by atoms with E-state index in [1.54, 1.807) is 12.1 Å². The van der Waals surface area contributed by atoms with Gasteiger partial charge in [0.05, 0.1) is 34.1 Å². The van der Waals surface area contributed by atoms with Gasteiger partial charge in [-0.15, -0.1) is 0 Å². The monoisotopic (exact) mass is 606 g/mol. The summed E-state index contributed by atoms with van der Waals surface area (Å²) in [5.74, 6) is 0.105. The van der Waals surface area contributed by atoms with Gasteiger partial charge in [0.2, 0.25) is 5.91 Å². The Labute approximate surface area is 266 Å². The summed E-state index contributed by atoms with van der Waals surface area (Å²) in [6.45, 7) is 13.0. The molecule has 0 spiro atoms. The molecule has 1 amide bonds. The molecule has 2 aromatic carbocycles. The van der Waals surface area contributed by atoms with E-state index in [0.717, 1.165) is 72.3 Å². The van der Waals surface area contributed by atoms with E-state index in [2.05, 4.69) is 60.2 Å². The van der Waals surface area contributed by atoms with Crippen molar-refractivity contribution in [3.8, 4) is 11.3 Å². The molecule has 1 unspecified atom stereocenters. The molecular weight excluding hydrogens is 560 g/mol. The minimum atomic E-state index is -0.906. The molecule has 4 aromatic rings. The second-order valence-corrected chi connectivity index (χ2v) is 14.0. The van der Waals surface area contributed by atoms with Crippen LogP contribution in [-0.2, 0) is 16.6 Å². The molecule has 2 aromatic heterocycles. The molecule has 7 rings (SSSR count). The zero-order valence-electron chi connectivity index (χ0n) is 27.2. The molecule has 0 radical (unpaired) electrons. The number of aromatic carboxylic acids is 1. The predicted octanol–water partition coefficient (Wildman–Crippen LogP) is 7.16. The summed E-state index contributed by atoms with van der Waals surface area (Å²) in [4.78, 5) is 36.0. The van der Waals surface area contributed by atoms with Crippen LogP contribution in [-0.4, -0.2) is 57.5 Å². The first-order valence-electron chi connectivity index (χ1n) is 16.5. The Morgan fingerprint density at radius 3 is 2.36 bits per heavy atom. The van der Waals surface area contributed by atoms with Gasteiger partial charge in [0, 0.05) is 24.5 Å². The quantitative estimate of drug-likeness (QED) is 0.166. The molecule has 2 bridgehead atoms. The van der Waals surface area contributed by atoms with Crippen LogP contribution < -0.4 is 5.32 Å². The van der Waals surface area contributed by atoms with Crippen LogP contribution in [0.1, 0.15) is 90.7 Å². The number of aromatic amines is 1. The van der Waals surface area contributed by atoms with Crippen molar-refractivity contribution in [3.63, 3.8) is 0 Å². The Bertz CT molecular complexity index is 1690. The highest BCUT2D eigenvalue weighted by atomic mass is 16.4. The topological polar surface area (TPSA) is 98.3 Å². The van der Waals surface area contributed by atoms with E-state index < -0.39 is 11.4 Å². The van der Waals surface area contributed by atoms with E-state index in [4.69, 9.17) is 4.98 Å². The smallest absolute Gasteiger partial charge is 0.335 e. The highest BCUT2D eigenvalue weighted by Crippen LogP contribution is 2.40.